The van der Waals surface area contributed by atoms with Crippen molar-refractivity contribution in [2.24, 2.45) is 0 Å². The third kappa shape index (κ3) is 23.5. The molecule has 0 heterocycles. The van der Waals surface area contributed by atoms with Crippen LogP contribution in [0.3, 0.4) is 0 Å². The summed E-state index contributed by atoms with van der Waals surface area (Å²) in [5.74, 6) is 0. The Hall–Kier alpha value is -0.200. The second-order valence-corrected chi connectivity index (χ2v) is 8.69. The number of rotatable bonds is 6. The molecule has 0 N–H and O–H groups in total. The molecule has 0 spiro atoms. The van der Waals surface area contributed by atoms with E-state index in [1.54, 1.807) is 6.66 Å². The largest absolute Gasteiger partial charge is 0.348 e. The Bertz CT molecular complexity index is 232. The van der Waals surface area contributed by atoms with Gasteiger partial charge in [-0.25, -0.2) is 0 Å². The molecule has 0 rings (SSSR count). The van der Waals surface area contributed by atoms with Crippen LogP contribution >= 0.6 is 13.6 Å². The minimum Gasteiger partial charge on any atom is -0.264 e. The zero-order chi connectivity index (χ0) is 13.1. The van der Waals surface area contributed by atoms with Gasteiger partial charge < -0.3 is 0 Å². The molecule has 0 radical (unpaired) electrons. The van der Waals surface area contributed by atoms with Crippen molar-refractivity contribution in [1.29, 1.82) is 0 Å². The van der Waals surface area contributed by atoms with Crippen molar-refractivity contribution >= 4 is 37.2 Å². The summed E-state index contributed by atoms with van der Waals surface area (Å²) >= 11 is 9.29. The summed E-state index contributed by atoms with van der Waals surface area (Å²) < 4.78 is 4.48. The molecule has 7 nitrogen and oxygen atoms in total. The van der Waals surface area contributed by atoms with Gasteiger partial charge in [-0.1, -0.05) is 4.52 Å². The fraction of sp³-hybridized carbons (Fsp3) is 1.00. The van der Waals surface area contributed by atoms with Crippen molar-refractivity contribution in [2.45, 2.75) is 0 Å². The van der Waals surface area contributed by atoms with Crippen LogP contribution in [0, 0.1) is 20.2 Å². The molecule has 16 heavy (non-hydrogen) atoms. The molecule has 0 saturated heterocycles. The third-order valence-electron chi connectivity index (χ3n) is 0.942. The maximum atomic E-state index is 9.67. The van der Waals surface area contributed by atoms with Gasteiger partial charge in [-0.3, -0.25) is 20.2 Å². The predicted octanol–water partition coefficient (Wildman–Crippen LogP) is 1.56. The fourth-order valence-corrected chi connectivity index (χ4v) is 1.44. The molecule has 0 aromatic heterocycles. The van der Waals surface area contributed by atoms with Crippen LogP contribution in [0.15, 0.2) is 0 Å². The van der Waals surface area contributed by atoms with Crippen LogP contribution in [0.25, 0.3) is 0 Å². The van der Waals surface area contributed by atoms with E-state index < -0.39 is 25.3 Å². The Morgan fingerprint density at radius 1 is 1.19 bits per heavy atom. The van der Waals surface area contributed by atoms with Crippen molar-refractivity contribution in [1.82, 2.24) is 0 Å². The summed E-state index contributed by atoms with van der Waals surface area (Å²) in [6.45, 7) is 1.57. The van der Waals surface area contributed by atoms with E-state index in [1.165, 1.54) is 0 Å². The summed E-state index contributed by atoms with van der Waals surface area (Å²) in [6.07, 6.45) is 0.567. The zero-order valence-corrected chi connectivity index (χ0v) is 12.2. The highest BCUT2D eigenvalue weighted by Crippen LogP contribution is 2.14. The smallest absolute Gasteiger partial charge is 0.264 e. The van der Waals surface area contributed by atoms with Gasteiger partial charge in [0.1, 0.15) is 13.3 Å². The van der Waals surface area contributed by atoms with Crippen LogP contribution in [0.5, 0.6) is 0 Å². The lowest BCUT2D eigenvalue weighted by atomic mass is 10.8. The van der Waals surface area contributed by atoms with Crippen LogP contribution in [-0.4, -0.2) is 42.6 Å². The minimum atomic E-state index is -0.991. The lowest BCUT2D eigenvalue weighted by molar-refractivity contribution is -0.513. The second kappa shape index (κ2) is 11.3. The van der Waals surface area contributed by atoms with E-state index in [1.807, 2.05) is 6.66 Å². The highest BCUT2D eigenvalue weighted by atomic mass is 32.4. The van der Waals surface area contributed by atoms with Crippen molar-refractivity contribution in [3.8, 4) is 0 Å². The maximum Gasteiger partial charge on any atom is 0.348 e. The van der Waals surface area contributed by atoms with Gasteiger partial charge in [0.15, 0.2) is 36.5 Å². The van der Waals surface area contributed by atoms with Crippen LogP contribution in [-0.2, 0) is 28.1 Å². The summed E-state index contributed by atoms with van der Waals surface area (Å²) in [5, 5.41) is 19.2. The van der Waals surface area contributed by atoms with Gasteiger partial charge in [-0.2, -0.15) is 0 Å². The summed E-state index contributed by atoms with van der Waals surface area (Å²) in [4.78, 5) is 18.3. The first-order valence-electron chi connectivity index (χ1n) is 3.91. The zero-order valence-electron chi connectivity index (χ0n) is 8.77. The molecule has 11 heteroatoms. The molecule has 0 aromatic rings. The van der Waals surface area contributed by atoms with Gasteiger partial charge >= 0.3 is 13.7 Å². The molecule has 0 amide bonds. The SMILES string of the molecule is C[P+](=S)CC[N+](=O)[O-].C[P+](=S)OC[N+](=O)[O-]. The quantitative estimate of drug-likeness (QED) is 0.318. The van der Waals surface area contributed by atoms with E-state index in [9.17, 15) is 20.2 Å². The first kappa shape index (κ1) is 18.2. The van der Waals surface area contributed by atoms with Gasteiger partial charge in [0.2, 0.25) is 6.54 Å². The van der Waals surface area contributed by atoms with E-state index >= 15 is 0 Å². The molecular weight excluding hydrogens is 294 g/mol. The van der Waals surface area contributed by atoms with E-state index in [0.717, 1.165) is 0 Å². The lowest BCUT2D eigenvalue weighted by Crippen LogP contribution is -2.01. The second-order valence-electron chi connectivity index (χ2n) is 2.44. The maximum absolute atomic E-state index is 9.67. The Morgan fingerprint density at radius 2 is 1.69 bits per heavy atom. The average molecular weight is 306 g/mol. The molecule has 2 atom stereocenters. The van der Waals surface area contributed by atoms with Gasteiger partial charge in [0, 0.05) is 4.92 Å². The molecule has 2 unspecified atom stereocenters. The van der Waals surface area contributed by atoms with Gasteiger partial charge in [0.05, 0.1) is 4.92 Å². The van der Waals surface area contributed by atoms with Crippen LogP contribution in [0.1, 0.15) is 0 Å². The average Bonchev–Trinajstić information content (AvgIpc) is 2.12. The predicted molar refractivity (Wildman–Crippen MR) is 70.1 cm³/mol. The van der Waals surface area contributed by atoms with Crippen molar-refractivity contribution in [2.75, 3.05) is 32.8 Å². The Morgan fingerprint density at radius 3 is 1.81 bits per heavy atom. The molecule has 0 aliphatic carbocycles. The first-order chi connectivity index (χ1) is 7.25. The molecule has 0 saturated carbocycles. The number of hydrogen-bond acceptors (Lipinski definition) is 7. The normalized spacial score (nSPS) is 10.9. The van der Waals surface area contributed by atoms with E-state index in [2.05, 4.69) is 16.3 Å². The van der Waals surface area contributed by atoms with Gasteiger partial charge in [-0.15, -0.1) is 0 Å². The highest BCUT2D eigenvalue weighted by Gasteiger charge is 2.06. The van der Waals surface area contributed by atoms with E-state index in [4.69, 9.17) is 11.8 Å². The fourth-order valence-electron chi connectivity index (χ4n) is 0.351. The monoisotopic (exact) mass is 306 g/mol. The molecule has 0 fully saturated rings. The number of hydrogen-bond donors (Lipinski definition) is 0. The van der Waals surface area contributed by atoms with Crippen molar-refractivity contribution in [3.63, 3.8) is 0 Å². The van der Waals surface area contributed by atoms with Crippen molar-refractivity contribution in [3.05, 3.63) is 20.2 Å². The molecular formula is C5H12N2O5P2S2+2. The van der Waals surface area contributed by atoms with Gasteiger partial charge in [0.25, 0.3) is 0 Å². The molecule has 0 aliphatic rings. The highest BCUT2D eigenvalue weighted by molar-refractivity contribution is 8.04. The molecule has 0 bridgehead atoms. The first-order valence-corrected chi connectivity index (χ1v) is 9.62. The van der Waals surface area contributed by atoms with Crippen LogP contribution < -0.4 is 0 Å². The molecule has 0 aromatic carbocycles. The topological polar surface area (TPSA) is 95.5 Å². The number of nitrogens with zero attached hydrogens (tertiary/aromatic N) is 2. The minimum absolute atomic E-state index is 0.0334. The summed E-state index contributed by atoms with van der Waals surface area (Å²) in [6, 6.07) is 0. The molecule has 92 valence electrons. The van der Waals surface area contributed by atoms with Crippen LogP contribution in [0.4, 0.5) is 0 Å². The Balaban J connectivity index is 0. The third-order valence-corrected chi connectivity index (χ3v) is 3.12. The van der Waals surface area contributed by atoms with E-state index in [-0.39, 0.29) is 11.5 Å². The number of nitro groups is 2. The van der Waals surface area contributed by atoms with Crippen LogP contribution in [0.2, 0.25) is 0 Å². The summed E-state index contributed by atoms with van der Waals surface area (Å²) in [7, 11) is 0. The van der Waals surface area contributed by atoms with Crippen molar-refractivity contribution < 1.29 is 14.4 Å². The van der Waals surface area contributed by atoms with E-state index in [0.29, 0.717) is 6.16 Å². The Kier molecular flexibility index (Phi) is 12.8. The Labute approximate surface area is 105 Å². The standard InChI is InChI=1S/C3H7NO2PS.C2H5NO3PS/c1-7(8)3-2-4(5)6;1-7(8)6-2-3(4)5/h2-3H2,1H3;2H2,1H3/q2*+1. The van der Waals surface area contributed by atoms with Gasteiger partial charge in [-0.05, 0) is 0 Å². The lowest BCUT2D eigenvalue weighted by Gasteiger charge is -1.80. The summed E-state index contributed by atoms with van der Waals surface area (Å²) in [5.41, 5.74) is 0. The molecule has 0 aliphatic heterocycles.